The maximum absolute atomic E-state index is 11.3. The van der Waals surface area contributed by atoms with Gasteiger partial charge in [0, 0.05) is 13.8 Å². The second kappa shape index (κ2) is 8.54. The maximum Gasteiger partial charge on any atom is 0.218 e. The number of hydrogen-bond acceptors (Lipinski definition) is 4. The first-order chi connectivity index (χ1) is 9.91. The average Bonchev–Trinajstić information content (AvgIpc) is 2.82. The number of aryl methyl sites for hydroxylation is 1. The largest absolute Gasteiger partial charge is 0.345 e. The van der Waals surface area contributed by atoms with Gasteiger partial charge in [-0.25, -0.2) is 4.98 Å². The van der Waals surface area contributed by atoms with E-state index in [4.69, 9.17) is 0 Å². The first kappa shape index (κ1) is 17.3. The fraction of sp³-hybridized carbons (Fsp3) is 0.267. The van der Waals surface area contributed by atoms with Crippen LogP contribution in [0.15, 0.2) is 35.8 Å². The second-order valence-electron chi connectivity index (χ2n) is 4.32. The molecule has 0 spiro atoms. The van der Waals surface area contributed by atoms with E-state index < -0.39 is 0 Å². The molecule has 0 saturated heterocycles. The molecule has 1 N–H and O–H groups in total. The summed E-state index contributed by atoms with van der Waals surface area (Å²) >= 11 is 6.20. The van der Waals surface area contributed by atoms with Crippen LogP contribution in [0.2, 0.25) is 0 Å². The van der Waals surface area contributed by atoms with Crippen molar-refractivity contribution in [1.82, 2.24) is 10.3 Å². The van der Waals surface area contributed by atoms with Gasteiger partial charge in [0.15, 0.2) is 0 Å². The number of rotatable bonds is 3. The van der Waals surface area contributed by atoms with Crippen molar-refractivity contribution in [2.75, 3.05) is 0 Å². The molecule has 112 valence electrons. The molecule has 2 aromatic rings. The van der Waals surface area contributed by atoms with Crippen LogP contribution in [0.5, 0.6) is 0 Å². The summed E-state index contributed by atoms with van der Waals surface area (Å²) in [5.74, 6) is -0.0355. The first-order valence-corrected chi connectivity index (χ1v) is 7.55. The summed E-state index contributed by atoms with van der Waals surface area (Å²) in [6.07, 6.45) is 0. The van der Waals surface area contributed by atoms with E-state index in [1.807, 2.05) is 42.8 Å². The highest BCUT2D eigenvalue weighted by atomic mass is 35.5. The van der Waals surface area contributed by atoms with Crippen LogP contribution in [0.1, 0.15) is 36.0 Å². The molecule has 0 aliphatic heterocycles. The topological polar surface area (TPSA) is 59.1 Å². The van der Waals surface area contributed by atoms with Gasteiger partial charge in [0.05, 0.1) is 22.1 Å². The third kappa shape index (κ3) is 6.06. The van der Waals surface area contributed by atoms with Gasteiger partial charge in [-0.15, -0.1) is 11.3 Å². The number of aromatic nitrogens is 1. The molecule has 0 aliphatic rings. The van der Waals surface area contributed by atoms with Crippen molar-refractivity contribution in [3.05, 3.63) is 52.0 Å². The molecule has 1 aromatic carbocycles. The van der Waals surface area contributed by atoms with E-state index in [0.29, 0.717) is 0 Å². The van der Waals surface area contributed by atoms with E-state index >= 15 is 0 Å². The monoisotopic (exact) mass is 324 g/mol. The Kier molecular flexibility index (Phi) is 7.05. The summed E-state index contributed by atoms with van der Waals surface area (Å²) < 4.78 is 0. The van der Waals surface area contributed by atoms with Crippen molar-refractivity contribution >= 4 is 34.1 Å². The zero-order valence-corrected chi connectivity index (χ0v) is 13.7. The van der Waals surface area contributed by atoms with Gasteiger partial charge in [-0.3, -0.25) is 9.59 Å². The Morgan fingerprint density at radius 3 is 2.24 bits per heavy atom. The molecule has 0 saturated carbocycles. The molecule has 1 aromatic heterocycles. The Morgan fingerprint density at radius 2 is 1.81 bits per heavy atom. The summed E-state index contributed by atoms with van der Waals surface area (Å²) in [6, 6.07) is 9.84. The van der Waals surface area contributed by atoms with Crippen molar-refractivity contribution < 1.29 is 9.59 Å². The standard InChI is InChI=1S/C13H14N2OS.C2H3ClO/c1-9-13(17-8-14-9)12(15-10(2)16)11-6-4-3-5-7-11;1-2(3)4/h3-8,12H,1-2H3,(H,15,16);1H3. The predicted molar refractivity (Wildman–Crippen MR) is 85.5 cm³/mol. The first-order valence-electron chi connectivity index (χ1n) is 6.30. The SMILES string of the molecule is CC(=O)Cl.CC(=O)NC(c1ccccc1)c1scnc1C. The lowest BCUT2D eigenvalue weighted by Crippen LogP contribution is -2.26. The lowest BCUT2D eigenvalue weighted by atomic mass is 10.0. The number of amides is 1. The normalized spacial score (nSPS) is 11.0. The maximum atomic E-state index is 11.3. The summed E-state index contributed by atoms with van der Waals surface area (Å²) in [7, 11) is 0. The molecule has 1 amide bonds. The fourth-order valence-corrected chi connectivity index (χ4v) is 2.62. The third-order valence-electron chi connectivity index (χ3n) is 2.53. The molecule has 2 rings (SSSR count). The van der Waals surface area contributed by atoms with Crippen LogP contribution in [0.4, 0.5) is 0 Å². The van der Waals surface area contributed by atoms with Crippen LogP contribution in [-0.2, 0) is 9.59 Å². The quantitative estimate of drug-likeness (QED) is 0.880. The van der Waals surface area contributed by atoms with Crippen molar-refractivity contribution in [3.8, 4) is 0 Å². The Morgan fingerprint density at radius 1 is 1.24 bits per heavy atom. The Hall–Kier alpha value is -1.72. The van der Waals surface area contributed by atoms with Crippen LogP contribution in [0, 0.1) is 6.92 Å². The molecule has 0 fully saturated rings. The number of carbonyl (C=O) groups excluding carboxylic acids is 2. The lowest BCUT2D eigenvalue weighted by Gasteiger charge is -2.17. The highest BCUT2D eigenvalue weighted by Gasteiger charge is 2.18. The Bertz CT molecular complexity index is 595. The number of carbonyl (C=O) groups is 2. The molecular formula is C15H17ClN2O2S. The molecule has 21 heavy (non-hydrogen) atoms. The molecule has 1 heterocycles. The third-order valence-corrected chi connectivity index (χ3v) is 3.52. The van der Waals surface area contributed by atoms with Gasteiger partial charge in [-0.1, -0.05) is 30.3 Å². The minimum Gasteiger partial charge on any atom is -0.345 e. The van der Waals surface area contributed by atoms with E-state index in [1.54, 1.807) is 11.3 Å². The molecule has 0 bridgehead atoms. The summed E-state index contributed by atoms with van der Waals surface area (Å²) in [5.41, 5.74) is 3.86. The second-order valence-corrected chi connectivity index (χ2v) is 5.74. The van der Waals surface area contributed by atoms with Gasteiger partial charge in [0.1, 0.15) is 0 Å². The van der Waals surface area contributed by atoms with Crippen LogP contribution >= 0.6 is 22.9 Å². The van der Waals surface area contributed by atoms with Crippen LogP contribution in [0.25, 0.3) is 0 Å². The molecule has 0 aliphatic carbocycles. The van der Waals surface area contributed by atoms with E-state index in [0.717, 1.165) is 16.1 Å². The highest BCUT2D eigenvalue weighted by Crippen LogP contribution is 2.27. The number of nitrogens with one attached hydrogen (secondary N) is 1. The predicted octanol–water partition coefficient (Wildman–Crippen LogP) is 3.45. The van der Waals surface area contributed by atoms with E-state index in [-0.39, 0.29) is 17.2 Å². The van der Waals surface area contributed by atoms with E-state index in [2.05, 4.69) is 21.9 Å². The van der Waals surface area contributed by atoms with Crippen molar-refractivity contribution in [1.29, 1.82) is 0 Å². The molecule has 4 nitrogen and oxygen atoms in total. The van der Waals surface area contributed by atoms with Crippen molar-refractivity contribution in [2.24, 2.45) is 0 Å². The molecule has 1 unspecified atom stereocenters. The van der Waals surface area contributed by atoms with E-state index in [9.17, 15) is 9.59 Å². The minimum absolute atomic E-state index is 0.0355. The van der Waals surface area contributed by atoms with Crippen molar-refractivity contribution in [2.45, 2.75) is 26.8 Å². The summed E-state index contributed by atoms with van der Waals surface area (Å²) in [4.78, 5) is 25.8. The number of thiazole rings is 1. The number of benzene rings is 1. The number of nitrogens with zero attached hydrogens (tertiary/aromatic N) is 1. The Balaban J connectivity index is 0.000000491. The smallest absolute Gasteiger partial charge is 0.218 e. The summed E-state index contributed by atoms with van der Waals surface area (Å²) in [5, 5.41) is 2.61. The van der Waals surface area contributed by atoms with Gasteiger partial charge in [0.2, 0.25) is 11.1 Å². The van der Waals surface area contributed by atoms with Gasteiger partial charge < -0.3 is 5.32 Å². The molecule has 6 heteroatoms. The fourth-order valence-electron chi connectivity index (χ4n) is 1.74. The molecular weight excluding hydrogens is 308 g/mol. The zero-order chi connectivity index (χ0) is 15.8. The number of halogens is 1. The number of hydrogen-bond donors (Lipinski definition) is 1. The van der Waals surface area contributed by atoms with Crippen molar-refractivity contribution in [3.63, 3.8) is 0 Å². The molecule has 0 radical (unpaired) electrons. The highest BCUT2D eigenvalue weighted by molar-refractivity contribution is 7.09. The summed E-state index contributed by atoms with van der Waals surface area (Å²) in [6.45, 7) is 4.79. The van der Waals surface area contributed by atoms with Gasteiger partial charge >= 0.3 is 0 Å². The lowest BCUT2D eigenvalue weighted by molar-refractivity contribution is -0.119. The van der Waals surface area contributed by atoms with Gasteiger partial charge in [-0.05, 0) is 24.1 Å². The minimum atomic E-state index is -0.361. The van der Waals surface area contributed by atoms with Crippen LogP contribution < -0.4 is 5.32 Å². The van der Waals surface area contributed by atoms with Gasteiger partial charge in [-0.2, -0.15) is 0 Å². The zero-order valence-electron chi connectivity index (χ0n) is 12.1. The average molecular weight is 325 g/mol. The van der Waals surface area contributed by atoms with Gasteiger partial charge in [0.25, 0.3) is 0 Å². The van der Waals surface area contributed by atoms with E-state index in [1.165, 1.54) is 13.8 Å². The van der Waals surface area contributed by atoms with Crippen LogP contribution in [-0.4, -0.2) is 16.1 Å². The van der Waals surface area contributed by atoms with Crippen LogP contribution in [0.3, 0.4) is 0 Å². The Labute approximate surface area is 133 Å². The molecule has 1 atom stereocenters.